The van der Waals surface area contributed by atoms with Crippen molar-refractivity contribution in [3.8, 4) is 0 Å². The molecule has 2 fully saturated rings. The van der Waals surface area contributed by atoms with Crippen LogP contribution in [0.4, 0.5) is 8.78 Å². The SMILES string of the molecule is CC1CC1NCC1CCC(F)(F)C1. The van der Waals surface area contributed by atoms with Crippen molar-refractivity contribution in [2.45, 2.75) is 44.6 Å². The molecule has 0 spiro atoms. The number of alkyl halides is 2. The van der Waals surface area contributed by atoms with Crippen molar-refractivity contribution in [1.29, 1.82) is 0 Å². The summed E-state index contributed by atoms with van der Waals surface area (Å²) in [6, 6.07) is 0.620. The number of nitrogens with one attached hydrogen (secondary N) is 1. The van der Waals surface area contributed by atoms with Gasteiger partial charge < -0.3 is 5.32 Å². The summed E-state index contributed by atoms with van der Waals surface area (Å²) in [4.78, 5) is 0. The van der Waals surface area contributed by atoms with Crippen LogP contribution in [0.5, 0.6) is 0 Å². The Bertz CT molecular complexity index is 193. The second-order valence-corrected chi connectivity index (χ2v) is 4.69. The van der Waals surface area contributed by atoms with Gasteiger partial charge in [0.05, 0.1) is 0 Å². The van der Waals surface area contributed by atoms with Gasteiger partial charge in [-0.05, 0) is 31.2 Å². The van der Waals surface area contributed by atoms with Crippen LogP contribution in [0.3, 0.4) is 0 Å². The van der Waals surface area contributed by atoms with Crippen molar-refractivity contribution in [1.82, 2.24) is 5.32 Å². The summed E-state index contributed by atoms with van der Waals surface area (Å²) < 4.78 is 25.6. The van der Waals surface area contributed by atoms with E-state index in [-0.39, 0.29) is 18.8 Å². The molecule has 2 rings (SSSR count). The highest BCUT2D eigenvalue weighted by Crippen LogP contribution is 2.39. The molecule has 0 radical (unpaired) electrons. The maximum atomic E-state index is 12.8. The standard InChI is InChI=1S/C10H17F2N/c1-7-4-9(7)13-6-8-2-3-10(11,12)5-8/h7-9,13H,2-6H2,1H3. The Morgan fingerprint density at radius 1 is 1.46 bits per heavy atom. The van der Waals surface area contributed by atoms with E-state index in [1.165, 1.54) is 6.42 Å². The quantitative estimate of drug-likeness (QED) is 0.719. The van der Waals surface area contributed by atoms with Gasteiger partial charge in [0.1, 0.15) is 0 Å². The van der Waals surface area contributed by atoms with Gasteiger partial charge >= 0.3 is 0 Å². The van der Waals surface area contributed by atoms with E-state index in [2.05, 4.69) is 12.2 Å². The highest BCUT2D eigenvalue weighted by Gasteiger charge is 2.40. The van der Waals surface area contributed by atoms with Gasteiger partial charge in [-0.3, -0.25) is 0 Å². The molecule has 3 unspecified atom stereocenters. The predicted molar refractivity (Wildman–Crippen MR) is 47.9 cm³/mol. The van der Waals surface area contributed by atoms with Crippen LogP contribution in [0.25, 0.3) is 0 Å². The summed E-state index contributed by atoms with van der Waals surface area (Å²) in [6.07, 6.45) is 2.12. The summed E-state index contributed by atoms with van der Waals surface area (Å²) in [7, 11) is 0. The molecule has 76 valence electrons. The molecular formula is C10H17F2N. The first-order valence-electron chi connectivity index (χ1n) is 5.18. The van der Waals surface area contributed by atoms with Gasteiger partial charge in [0.15, 0.2) is 0 Å². The van der Waals surface area contributed by atoms with Gasteiger partial charge in [0.2, 0.25) is 5.92 Å². The molecule has 0 saturated heterocycles. The number of halogens is 2. The molecule has 0 bridgehead atoms. The molecule has 2 aliphatic carbocycles. The Morgan fingerprint density at radius 2 is 2.15 bits per heavy atom. The van der Waals surface area contributed by atoms with Crippen LogP contribution >= 0.6 is 0 Å². The molecule has 1 nitrogen and oxygen atoms in total. The van der Waals surface area contributed by atoms with Crippen LogP contribution in [0.2, 0.25) is 0 Å². The minimum Gasteiger partial charge on any atom is -0.313 e. The van der Waals surface area contributed by atoms with E-state index >= 15 is 0 Å². The molecule has 0 aromatic heterocycles. The maximum absolute atomic E-state index is 12.8. The molecule has 13 heavy (non-hydrogen) atoms. The third-order valence-electron chi connectivity index (χ3n) is 3.28. The zero-order valence-electron chi connectivity index (χ0n) is 8.02. The van der Waals surface area contributed by atoms with E-state index in [0.717, 1.165) is 12.5 Å². The van der Waals surface area contributed by atoms with E-state index in [4.69, 9.17) is 0 Å². The first-order chi connectivity index (χ1) is 6.07. The fraction of sp³-hybridized carbons (Fsp3) is 1.00. The minimum atomic E-state index is -2.37. The average molecular weight is 189 g/mol. The molecule has 0 heterocycles. The Balaban J connectivity index is 1.66. The van der Waals surface area contributed by atoms with Gasteiger partial charge in [-0.25, -0.2) is 8.78 Å². The topological polar surface area (TPSA) is 12.0 Å². The van der Waals surface area contributed by atoms with Crippen LogP contribution in [0, 0.1) is 11.8 Å². The average Bonchev–Trinajstić information content (AvgIpc) is 2.62. The molecule has 1 N–H and O–H groups in total. The van der Waals surface area contributed by atoms with E-state index < -0.39 is 5.92 Å². The number of hydrogen-bond donors (Lipinski definition) is 1. The van der Waals surface area contributed by atoms with Crippen molar-refractivity contribution >= 4 is 0 Å². The highest BCUT2D eigenvalue weighted by atomic mass is 19.3. The molecule has 0 aromatic carbocycles. The second kappa shape index (κ2) is 3.19. The van der Waals surface area contributed by atoms with E-state index in [9.17, 15) is 8.78 Å². The van der Waals surface area contributed by atoms with Crippen LogP contribution in [0.15, 0.2) is 0 Å². The lowest BCUT2D eigenvalue weighted by Gasteiger charge is -2.11. The molecular weight excluding hydrogens is 172 g/mol. The number of rotatable bonds is 3. The Morgan fingerprint density at radius 3 is 2.62 bits per heavy atom. The minimum absolute atomic E-state index is 0.0968. The third-order valence-corrected chi connectivity index (χ3v) is 3.28. The van der Waals surface area contributed by atoms with Crippen LogP contribution in [-0.2, 0) is 0 Å². The van der Waals surface area contributed by atoms with Crippen molar-refractivity contribution in [3.63, 3.8) is 0 Å². The summed E-state index contributed by atoms with van der Waals surface area (Å²) in [6.45, 7) is 2.99. The highest BCUT2D eigenvalue weighted by molar-refractivity contribution is 4.91. The van der Waals surface area contributed by atoms with E-state index in [1.54, 1.807) is 0 Å². The molecule has 3 heteroatoms. The Kier molecular flexibility index (Phi) is 2.30. The first-order valence-corrected chi connectivity index (χ1v) is 5.18. The summed E-state index contributed by atoms with van der Waals surface area (Å²) >= 11 is 0. The third kappa shape index (κ3) is 2.39. The van der Waals surface area contributed by atoms with Crippen molar-refractivity contribution in [2.75, 3.05) is 6.54 Å². The van der Waals surface area contributed by atoms with Crippen molar-refractivity contribution < 1.29 is 8.78 Å². The summed E-state index contributed by atoms with van der Waals surface area (Å²) in [5.74, 6) is -1.40. The first kappa shape index (κ1) is 9.38. The smallest absolute Gasteiger partial charge is 0.248 e. The molecule has 0 aromatic rings. The molecule has 0 amide bonds. The molecule has 2 saturated carbocycles. The Hall–Kier alpha value is -0.180. The van der Waals surface area contributed by atoms with Crippen molar-refractivity contribution in [3.05, 3.63) is 0 Å². The molecule has 0 aliphatic heterocycles. The second-order valence-electron chi connectivity index (χ2n) is 4.69. The van der Waals surface area contributed by atoms with Crippen LogP contribution < -0.4 is 5.32 Å². The van der Waals surface area contributed by atoms with Crippen LogP contribution in [0.1, 0.15) is 32.6 Å². The lowest BCUT2D eigenvalue weighted by Crippen LogP contribution is -2.25. The zero-order chi connectivity index (χ0) is 9.47. The van der Waals surface area contributed by atoms with Crippen molar-refractivity contribution in [2.24, 2.45) is 11.8 Å². The fourth-order valence-electron chi connectivity index (χ4n) is 2.14. The largest absolute Gasteiger partial charge is 0.313 e. The van der Waals surface area contributed by atoms with Gasteiger partial charge in [0.25, 0.3) is 0 Å². The van der Waals surface area contributed by atoms with E-state index in [1.807, 2.05) is 0 Å². The fourth-order valence-corrected chi connectivity index (χ4v) is 2.14. The Labute approximate surface area is 77.9 Å². The monoisotopic (exact) mass is 189 g/mol. The summed E-state index contributed by atoms with van der Waals surface area (Å²) in [5, 5.41) is 3.35. The maximum Gasteiger partial charge on any atom is 0.248 e. The summed E-state index contributed by atoms with van der Waals surface area (Å²) in [5.41, 5.74) is 0. The van der Waals surface area contributed by atoms with Crippen LogP contribution in [-0.4, -0.2) is 18.5 Å². The van der Waals surface area contributed by atoms with Gasteiger partial charge in [-0.2, -0.15) is 0 Å². The molecule has 3 atom stereocenters. The predicted octanol–water partition coefficient (Wildman–Crippen LogP) is 2.42. The lowest BCUT2D eigenvalue weighted by atomic mass is 10.1. The number of hydrogen-bond acceptors (Lipinski definition) is 1. The van der Waals surface area contributed by atoms with Gasteiger partial charge in [-0.1, -0.05) is 6.92 Å². The van der Waals surface area contributed by atoms with Gasteiger partial charge in [0, 0.05) is 18.9 Å². The zero-order valence-corrected chi connectivity index (χ0v) is 8.02. The normalized spacial score (nSPS) is 42.2. The lowest BCUT2D eigenvalue weighted by molar-refractivity contribution is 0.00506. The van der Waals surface area contributed by atoms with E-state index in [0.29, 0.717) is 12.5 Å². The van der Waals surface area contributed by atoms with Gasteiger partial charge in [-0.15, -0.1) is 0 Å². The molecule has 2 aliphatic rings.